The maximum absolute atomic E-state index is 8.70. The SMILES string of the molecule is CCCc1cnc(C#Cc2ccc(C#N)cc2)nc1. The van der Waals surface area contributed by atoms with Crippen LogP contribution in [-0.2, 0) is 6.42 Å². The second kappa shape index (κ2) is 6.33. The Morgan fingerprint density at radius 3 is 2.21 bits per heavy atom. The zero-order chi connectivity index (χ0) is 13.5. The van der Waals surface area contributed by atoms with Crippen molar-refractivity contribution in [2.45, 2.75) is 19.8 Å². The minimum absolute atomic E-state index is 0.518. The predicted molar refractivity (Wildman–Crippen MR) is 73.2 cm³/mol. The zero-order valence-electron chi connectivity index (χ0n) is 10.7. The lowest BCUT2D eigenvalue weighted by atomic mass is 10.1. The van der Waals surface area contributed by atoms with Gasteiger partial charge in [-0.25, -0.2) is 9.97 Å². The van der Waals surface area contributed by atoms with Gasteiger partial charge >= 0.3 is 0 Å². The summed E-state index contributed by atoms with van der Waals surface area (Å²) in [4.78, 5) is 8.42. The summed E-state index contributed by atoms with van der Waals surface area (Å²) in [6.45, 7) is 2.12. The van der Waals surface area contributed by atoms with E-state index in [9.17, 15) is 0 Å². The molecule has 0 aliphatic carbocycles. The Hall–Kier alpha value is -2.65. The third kappa shape index (κ3) is 3.66. The molecule has 1 aromatic heterocycles. The van der Waals surface area contributed by atoms with Crippen LogP contribution in [0.4, 0.5) is 0 Å². The van der Waals surface area contributed by atoms with E-state index in [0.29, 0.717) is 11.4 Å². The lowest BCUT2D eigenvalue weighted by molar-refractivity contribution is 0.897. The maximum Gasteiger partial charge on any atom is 0.205 e. The second-order valence-corrected chi connectivity index (χ2v) is 4.10. The lowest BCUT2D eigenvalue weighted by Gasteiger charge is -1.95. The summed E-state index contributed by atoms with van der Waals surface area (Å²) >= 11 is 0. The van der Waals surface area contributed by atoms with Crippen LogP contribution >= 0.6 is 0 Å². The van der Waals surface area contributed by atoms with Gasteiger partial charge in [0.2, 0.25) is 5.82 Å². The lowest BCUT2D eigenvalue weighted by Crippen LogP contribution is -1.92. The smallest absolute Gasteiger partial charge is 0.205 e. The van der Waals surface area contributed by atoms with Crippen molar-refractivity contribution in [3.63, 3.8) is 0 Å². The van der Waals surface area contributed by atoms with Gasteiger partial charge in [-0.05, 0) is 42.2 Å². The molecule has 0 unspecified atom stereocenters. The molecule has 0 aliphatic heterocycles. The van der Waals surface area contributed by atoms with E-state index in [-0.39, 0.29) is 0 Å². The minimum atomic E-state index is 0.518. The fourth-order valence-electron chi connectivity index (χ4n) is 1.59. The van der Waals surface area contributed by atoms with E-state index >= 15 is 0 Å². The monoisotopic (exact) mass is 247 g/mol. The normalized spacial score (nSPS) is 9.26. The Kier molecular flexibility index (Phi) is 4.26. The van der Waals surface area contributed by atoms with Gasteiger partial charge in [-0.3, -0.25) is 0 Å². The first-order valence-electron chi connectivity index (χ1n) is 6.15. The topological polar surface area (TPSA) is 49.6 Å². The van der Waals surface area contributed by atoms with Gasteiger partial charge in [0, 0.05) is 18.0 Å². The van der Waals surface area contributed by atoms with E-state index < -0.39 is 0 Å². The first-order valence-corrected chi connectivity index (χ1v) is 6.15. The molecule has 3 heteroatoms. The molecule has 0 spiro atoms. The molecule has 19 heavy (non-hydrogen) atoms. The molecule has 0 fully saturated rings. The fraction of sp³-hybridized carbons (Fsp3) is 0.188. The van der Waals surface area contributed by atoms with E-state index in [2.05, 4.69) is 34.8 Å². The maximum atomic E-state index is 8.70. The molecule has 2 rings (SSSR count). The summed E-state index contributed by atoms with van der Waals surface area (Å²) in [5, 5.41) is 8.70. The minimum Gasteiger partial charge on any atom is -0.229 e. The van der Waals surface area contributed by atoms with Crippen molar-refractivity contribution >= 4 is 0 Å². The molecule has 0 amide bonds. The van der Waals surface area contributed by atoms with Gasteiger partial charge in [0.15, 0.2) is 0 Å². The molecule has 0 radical (unpaired) electrons. The van der Waals surface area contributed by atoms with Crippen LogP contribution in [0.25, 0.3) is 0 Å². The molecule has 92 valence electrons. The number of aromatic nitrogens is 2. The van der Waals surface area contributed by atoms with E-state index in [1.54, 1.807) is 12.1 Å². The summed E-state index contributed by atoms with van der Waals surface area (Å²) in [5.41, 5.74) is 2.61. The number of hydrogen-bond donors (Lipinski definition) is 0. The number of aryl methyl sites for hydroxylation is 1. The fourth-order valence-corrected chi connectivity index (χ4v) is 1.59. The highest BCUT2D eigenvalue weighted by Gasteiger charge is 1.94. The van der Waals surface area contributed by atoms with Crippen LogP contribution in [0.1, 0.15) is 35.9 Å². The van der Waals surface area contributed by atoms with Gasteiger partial charge in [-0.2, -0.15) is 5.26 Å². The highest BCUT2D eigenvalue weighted by atomic mass is 14.8. The van der Waals surface area contributed by atoms with Gasteiger partial charge in [0.25, 0.3) is 0 Å². The van der Waals surface area contributed by atoms with Crippen molar-refractivity contribution in [2.24, 2.45) is 0 Å². The van der Waals surface area contributed by atoms with Crippen molar-refractivity contribution in [1.29, 1.82) is 5.26 Å². The molecule has 0 aliphatic rings. The van der Waals surface area contributed by atoms with Crippen molar-refractivity contribution in [3.05, 3.63) is 59.2 Å². The number of nitriles is 1. The van der Waals surface area contributed by atoms with Gasteiger partial charge < -0.3 is 0 Å². The quantitative estimate of drug-likeness (QED) is 0.767. The summed E-state index contributed by atoms with van der Waals surface area (Å²) in [6, 6.07) is 9.20. The van der Waals surface area contributed by atoms with Crippen molar-refractivity contribution in [3.8, 4) is 17.9 Å². The molecule has 0 bridgehead atoms. The Morgan fingerprint density at radius 1 is 1.00 bits per heavy atom. The molecule has 3 nitrogen and oxygen atoms in total. The summed E-state index contributed by atoms with van der Waals surface area (Å²) in [5.74, 6) is 6.41. The van der Waals surface area contributed by atoms with Crippen LogP contribution in [0.3, 0.4) is 0 Å². The average Bonchev–Trinajstić information content (AvgIpc) is 2.47. The van der Waals surface area contributed by atoms with Crippen LogP contribution in [0.2, 0.25) is 0 Å². The number of nitrogens with zero attached hydrogens (tertiary/aromatic N) is 3. The molecule has 0 saturated carbocycles. The summed E-state index contributed by atoms with van der Waals surface area (Å²) < 4.78 is 0. The van der Waals surface area contributed by atoms with E-state index in [1.807, 2.05) is 24.5 Å². The van der Waals surface area contributed by atoms with E-state index in [1.165, 1.54) is 0 Å². The Balaban J connectivity index is 2.12. The van der Waals surface area contributed by atoms with E-state index in [0.717, 1.165) is 24.0 Å². The van der Waals surface area contributed by atoms with Crippen molar-refractivity contribution < 1.29 is 0 Å². The van der Waals surface area contributed by atoms with Gasteiger partial charge in [0.1, 0.15) is 0 Å². The molecule has 0 saturated heterocycles. The third-order valence-electron chi connectivity index (χ3n) is 2.58. The van der Waals surface area contributed by atoms with Crippen LogP contribution in [-0.4, -0.2) is 9.97 Å². The first kappa shape index (κ1) is 12.8. The summed E-state index contributed by atoms with van der Waals surface area (Å²) in [6.07, 6.45) is 5.71. The van der Waals surface area contributed by atoms with Gasteiger partial charge in [-0.1, -0.05) is 19.3 Å². The molecule has 1 aromatic carbocycles. The average molecular weight is 247 g/mol. The Morgan fingerprint density at radius 2 is 1.63 bits per heavy atom. The number of rotatable bonds is 2. The highest BCUT2D eigenvalue weighted by molar-refractivity contribution is 5.41. The second-order valence-electron chi connectivity index (χ2n) is 4.10. The highest BCUT2D eigenvalue weighted by Crippen LogP contribution is 2.02. The summed E-state index contributed by atoms with van der Waals surface area (Å²) in [7, 11) is 0. The number of benzene rings is 1. The molecule has 1 heterocycles. The molecular formula is C16H13N3. The molecule has 2 aromatic rings. The standard InChI is InChI=1S/C16H13N3/c1-2-3-15-11-18-16(19-12-15)9-8-13-4-6-14(10-17)7-5-13/h4-7,11-12H,2-3H2,1H3. The first-order chi connectivity index (χ1) is 9.31. The van der Waals surface area contributed by atoms with Crippen molar-refractivity contribution in [1.82, 2.24) is 9.97 Å². The number of hydrogen-bond acceptors (Lipinski definition) is 3. The zero-order valence-corrected chi connectivity index (χ0v) is 10.7. The van der Waals surface area contributed by atoms with Crippen LogP contribution in [0, 0.1) is 23.2 Å². The van der Waals surface area contributed by atoms with Gasteiger partial charge in [0.05, 0.1) is 11.6 Å². The van der Waals surface area contributed by atoms with Gasteiger partial charge in [-0.15, -0.1) is 0 Å². The van der Waals surface area contributed by atoms with Crippen molar-refractivity contribution in [2.75, 3.05) is 0 Å². The van der Waals surface area contributed by atoms with Crippen LogP contribution < -0.4 is 0 Å². The molecule has 0 N–H and O–H groups in total. The predicted octanol–water partition coefficient (Wildman–Crippen LogP) is 2.70. The Bertz CT molecular complexity index is 638. The Labute approximate surface area is 113 Å². The largest absolute Gasteiger partial charge is 0.229 e. The molecular weight excluding hydrogens is 234 g/mol. The molecule has 0 atom stereocenters. The third-order valence-corrected chi connectivity index (χ3v) is 2.58. The van der Waals surface area contributed by atoms with Crippen LogP contribution in [0.15, 0.2) is 36.7 Å². The van der Waals surface area contributed by atoms with E-state index in [4.69, 9.17) is 5.26 Å². The van der Waals surface area contributed by atoms with Crippen LogP contribution in [0.5, 0.6) is 0 Å².